The summed E-state index contributed by atoms with van der Waals surface area (Å²) in [6.07, 6.45) is 3.34. The average molecular weight is 454 g/mol. The minimum absolute atomic E-state index is 0.0898. The summed E-state index contributed by atoms with van der Waals surface area (Å²) in [7, 11) is 1.64. The fourth-order valence-corrected chi connectivity index (χ4v) is 3.35. The lowest BCUT2D eigenvalue weighted by molar-refractivity contribution is -0.127. The van der Waals surface area contributed by atoms with Gasteiger partial charge in [-0.1, -0.05) is 18.2 Å². The third kappa shape index (κ3) is 6.57. The Bertz CT molecular complexity index is 944. The molecule has 1 amide bonds. The summed E-state index contributed by atoms with van der Waals surface area (Å²) in [6, 6.07) is 15.1. The maximum Gasteiger partial charge on any atom is 0.266 e. The van der Waals surface area contributed by atoms with Gasteiger partial charge in [0, 0.05) is 31.6 Å². The van der Waals surface area contributed by atoms with Gasteiger partial charge in [-0.25, -0.2) is 10.4 Å². The molecule has 0 aromatic heterocycles. The third-order valence-electron chi connectivity index (χ3n) is 5.24. The highest BCUT2D eigenvalue weighted by Crippen LogP contribution is 2.27. The molecule has 2 aromatic rings. The zero-order valence-electron chi connectivity index (χ0n) is 18.9. The number of methoxy groups -OCH3 is 1. The quantitative estimate of drug-likeness (QED) is 0.245. The van der Waals surface area contributed by atoms with Gasteiger partial charge >= 0.3 is 0 Å². The van der Waals surface area contributed by atoms with Crippen LogP contribution in [0.3, 0.4) is 0 Å². The van der Waals surface area contributed by atoms with Crippen LogP contribution in [0.25, 0.3) is 0 Å². The smallest absolute Gasteiger partial charge is 0.266 e. The summed E-state index contributed by atoms with van der Waals surface area (Å²) in [5.41, 5.74) is 6.57. The molecule has 8 nitrogen and oxygen atoms in total. The Morgan fingerprint density at radius 3 is 2.61 bits per heavy atom. The Hall–Kier alpha value is -3.36. The molecule has 2 aromatic carbocycles. The number of aliphatic hydroxyl groups excluding tert-OH is 1. The predicted molar refractivity (Wildman–Crippen MR) is 127 cm³/mol. The van der Waals surface area contributed by atoms with E-state index in [0.29, 0.717) is 37.6 Å². The number of hydrazine groups is 1. The van der Waals surface area contributed by atoms with E-state index in [-0.39, 0.29) is 19.1 Å². The van der Waals surface area contributed by atoms with Crippen LogP contribution >= 0.6 is 0 Å². The number of ether oxygens (including phenoxy) is 3. The van der Waals surface area contributed by atoms with Crippen LogP contribution in [0.2, 0.25) is 0 Å². The van der Waals surface area contributed by atoms with Gasteiger partial charge in [-0.2, -0.15) is 0 Å². The van der Waals surface area contributed by atoms with E-state index in [1.165, 1.54) is 0 Å². The summed E-state index contributed by atoms with van der Waals surface area (Å²) in [4.78, 5) is 17.6. The average Bonchev–Trinajstić information content (AvgIpc) is 3.28. The first kappa shape index (κ1) is 24.3. The molecule has 0 spiro atoms. The zero-order chi connectivity index (χ0) is 23.5. The Morgan fingerprint density at radius 1 is 1.21 bits per heavy atom. The Labute approximate surface area is 194 Å². The highest BCUT2D eigenvalue weighted by Gasteiger charge is 2.43. The highest BCUT2D eigenvalue weighted by atomic mass is 16.5. The number of carbonyl (C=O) groups excluding carboxylic acids is 1. The van der Waals surface area contributed by atoms with Crippen LogP contribution in [0.15, 0.2) is 66.2 Å². The molecule has 3 N–H and O–H groups in total. The molecule has 3 rings (SSSR count). The normalized spacial score (nSPS) is 17.1. The second-order valence-corrected chi connectivity index (χ2v) is 7.66. The van der Waals surface area contributed by atoms with Crippen molar-refractivity contribution in [2.45, 2.75) is 24.8 Å². The molecule has 8 heteroatoms. The van der Waals surface area contributed by atoms with Crippen molar-refractivity contribution in [2.75, 3.05) is 33.5 Å². The molecular weight excluding hydrogens is 422 g/mol. The number of aliphatic hydroxyl groups is 1. The van der Waals surface area contributed by atoms with Gasteiger partial charge in [0.15, 0.2) is 5.54 Å². The maximum absolute atomic E-state index is 13.0. The lowest BCUT2D eigenvalue weighted by atomic mass is 9.97. The molecule has 33 heavy (non-hydrogen) atoms. The zero-order valence-corrected chi connectivity index (χ0v) is 18.9. The number of rotatable bonds is 13. The number of benzene rings is 2. The van der Waals surface area contributed by atoms with E-state index in [1.54, 1.807) is 13.2 Å². The molecule has 1 heterocycles. The van der Waals surface area contributed by atoms with Gasteiger partial charge in [-0.15, -0.1) is 6.58 Å². The fraction of sp³-hybridized carbons (Fsp3) is 0.360. The van der Waals surface area contributed by atoms with Crippen molar-refractivity contribution < 1.29 is 24.1 Å². The monoisotopic (exact) mass is 453 g/mol. The van der Waals surface area contributed by atoms with Crippen LogP contribution in [0.1, 0.15) is 24.0 Å². The first-order chi connectivity index (χ1) is 16.1. The van der Waals surface area contributed by atoms with Gasteiger partial charge in [-0.05, 0) is 48.4 Å². The second kappa shape index (κ2) is 12.0. The molecule has 0 radical (unpaired) electrons. The predicted octanol–water partition coefficient (Wildman–Crippen LogP) is 2.41. The van der Waals surface area contributed by atoms with Crippen LogP contribution in [0, 0.1) is 0 Å². The molecule has 176 valence electrons. The SMILES string of the molecule is C=CC[C@@]1(C(=O)NNCCc2ccc(OC)cc2)COC(c2ccc(OCCCO)cc2)=N1. The number of carbonyl (C=O) groups is 1. The Morgan fingerprint density at radius 2 is 1.94 bits per heavy atom. The van der Waals surface area contributed by atoms with Crippen molar-refractivity contribution in [1.82, 2.24) is 10.9 Å². The molecule has 1 aliphatic heterocycles. The van der Waals surface area contributed by atoms with Gasteiger partial charge in [0.2, 0.25) is 5.90 Å². The number of hydrogen-bond acceptors (Lipinski definition) is 7. The van der Waals surface area contributed by atoms with E-state index in [4.69, 9.17) is 19.3 Å². The van der Waals surface area contributed by atoms with E-state index in [0.717, 1.165) is 23.3 Å². The van der Waals surface area contributed by atoms with Gasteiger partial charge in [-0.3, -0.25) is 10.2 Å². The molecule has 0 saturated heterocycles. The third-order valence-corrected chi connectivity index (χ3v) is 5.24. The van der Waals surface area contributed by atoms with Crippen LogP contribution in [0.4, 0.5) is 0 Å². The first-order valence-corrected chi connectivity index (χ1v) is 10.9. The number of aliphatic imine (C=N–C) groups is 1. The molecule has 1 atom stereocenters. The van der Waals surface area contributed by atoms with Crippen molar-refractivity contribution in [3.8, 4) is 11.5 Å². The van der Waals surface area contributed by atoms with Crippen molar-refractivity contribution in [1.29, 1.82) is 0 Å². The molecule has 1 aliphatic rings. The van der Waals surface area contributed by atoms with Crippen molar-refractivity contribution in [3.63, 3.8) is 0 Å². The van der Waals surface area contributed by atoms with Gasteiger partial charge in [0.05, 0.1) is 13.7 Å². The standard InChI is InChI=1S/C25H31N3O5/c1-3-14-25(24(30)28-26-15-13-19-5-9-21(31-2)10-6-19)18-33-23(27-25)20-7-11-22(12-8-20)32-17-4-16-29/h3,5-12,26,29H,1,4,13-18H2,2H3,(H,28,30)/t25-/m0/s1. The highest BCUT2D eigenvalue weighted by molar-refractivity contribution is 6.00. The fourth-order valence-electron chi connectivity index (χ4n) is 3.35. The molecular formula is C25H31N3O5. The van der Waals surface area contributed by atoms with E-state index < -0.39 is 5.54 Å². The van der Waals surface area contributed by atoms with Crippen LogP contribution in [0.5, 0.6) is 11.5 Å². The van der Waals surface area contributed by atoms with E-state index >= 15 is 0 Å². The van der Waals surface area contributed by atoms with Gasteiger partial charge < -0.3 is 19.3 Å². The van der Waals surface area contributed by atoms with Crippen molar-refractivity contribution in [3.05, 3.63) is 72.3 Å². The number of amides is 1. The first-order valence-electron chi connectivity index (χ1n) is 10.9. The lowest BCUT2D eigenvalue weighted by Gasteiger charge is -2.21. The topological polar surface area (TPSA) is 101 Å². The minimum atomic E-state index is -1.07. The van der Waals surface area contributed by atoms with Crippen LogP contribution in [-0.4, -0.2) is 55.9 Å². The summed E-state index contributed by atoms with van der Waals surface area (Å²) < 4.78 is 16.5. The summed E-state index contributed by atoms with van der Waals surface area (Å²) >= 11 is 0. The minimum Gasteiger partial charge on any atom is -0.497 e. The molecule has 0 bridgehead atoms. The lowest BCUT2D eigenvalue weighted by Crippen LogP contribution is -2.51. The number of nitrogens with zero attached hydrogens (tertiary/aromatic N) is 1. The van der Waals surface area contributed by atoms with Gasteiger partial charge in [0.25, 0.3) is 5.91 Å². The van der Waals surface area contributed by atoms with E-state index in [1.807, 2.05) is 48.5 Å². The summed E-state index contributed by atoms with van der Waals surface area (Å²) in [5, 5.41) is 8.85. The van der Waals surface area contributed by atoms with E-state index in [9.17, 15) is 4.79 Å². The van der Waals surface area contributed by atoms with Gasteiger partial charge in [0.1, 0.15) is 18.1 Å². The van der Waals surface area contributed by atoms with Crippen LogP contribution < -0.4 is 20.3 Å². The molecule has 0 aliphatic carbocycles. The molecule has 0 unspecified atom stereocenters. The number of nitrogens with one attached hydrogen (secondary N) is 2. The maximum atomic E-state index is 13.0. The van der Waals surface area contributed by atoms with Crippen LogP contribution in [-0.2, 0) is 16.0 Å². The summed E-state index contributed by atoms with van der Waals surface area (Å²) in [6.45, 7) is 5.01. The Kier molecular flexibility index (Phi) is 8.86. The van der Waals surface area contributed by atoms with Crippen molar-refractivity contribution >= 4 is 11.8 Å². The second-order valence-electron chi connectivity index (χ2n) is 7.66. The molecule has 0 fully saturated rings. The largest absolute Gasteiger partial charge is 0.497 e. The number of hydrogen-bond donors (Lipinski definition) is 3. The van der Waals surface area contributed by atoms with Crippen molar-refractivity contribution in [2.24, 2.45) is 4.99 Å². The summed E-state index contributed by atoms with van der Waals surface area (Å²) in [5.74, 6) is 1.65. The van der Waals surface area contributed by atoms with E-state index in [2.05, 4.69) is 22.4 Å². The Balaban J connectivity index is 1.57. The molecule has 0 saturated carbocycles.